The molecule has 1 atom stereocenters. The van der Waals surface area contributed by atoms with Crippen LogP contribution in [0.5, 0.6) is 11.5 Å². The van der Waals surface area contributed by atoms with Crippen LogP contribution in [0.1, 0.15) is 13.3 Å². The van der Waals surface area contributed by atoms with Gasteiger partial charge in [0.15, 0.2) is 6.10 Å². The average molecular weight is 382 g/mol. The molecule has 1 aliphatic rings. The molecule has 0 saturated carbocycles. The number of rotatable bonds is 8. The van der Waals surface area contributed by atoms with Crippen molar-refractivity contribution in [3.05, 3.63) is 18.2 Å². The van der Waals surface area contributed by atoms with Crippen molar-refractivity contribution in [2.45, 2.75) is 19.4 Å². The number of amides is 2. The zero-order chi connectivity index (χ0) is 19.1. The lowest BCUT2D eigenvalue weighted by molar-refractivity contribution is -0.153. The van der Waals surface area contributed by atoms with Gasteiger partial charge in [0.05, 0.1) is 26.3 Å². The summed E-state index contributed by atoms with van der Waals surface area (Å²) < 4.78 is 15.5. The molecule has 1 aromatic carbocycles. The van der Waals surface area contributed by atoms with E-state index in [1.54, 1.807) is 23.1 Å². The van der Waals surface area contributed by atoms with E-state index in [9.17, 15) is 14.4 Å². The highest BCUT2D eigenvalue weighted by atomic mass is 32.2. The smallest absolute Gasteiger partial charge is 0.308 e. The van der Waals surface area contributed by atoms with Crippen molar-refractivity contribution in [3.63, 3.8) is 0 Å². The minimum atomic E-state index is -0.984. The summed E-state index contributed by atoms with van der Waals surface area (Å²) in [5, 5.41) is 2.62. The summed E-state index contributed by atoms with van der Waals surface area (Å²) in [6.45, 7) is 2.40. The normalized spacial score (nSPS) is 14.7. The van der Waals surface area contributed by atoms with Crippen LogP contribution in [0.2, 0.25) is 0 Å². The number of hydrogen-bond donors (Lipinski definition) is 1. The van der Waals surface area contributed by atoms with E-state index in [4.69, 9.17) is 14.2 Å². The van der Waals surface area contributed by atoms with Crippen molar-refractivity contribution in [1.29, 1.82) is 0 Å². The number of carbonyl (C=O) groups excluding carboxylic acids is 3. The third kappa shape index (κ3) is 5.29. The molecule has 0 spiro atoms. The molecule has 2 amide bonds. The van der Waals surface area contributed by atoms with Crippen LogP contribution in [-0.4, -0.2) is 61.2 Å². The van der Waals surface area contributed by atoms with Crippen molar-refractivity contribution in [3.8, 4) is 11.5 Å². The molecule has 0 radical (unpaired) electrons. The van der Waals surface area contributed by atoms with Gasteiger partial charge in [-0.2, -0.15) is 0 Å². The first kappa shape index (κ1) is 19.9. The molecule has 1 heterocycles. The van der Waals surface area contributed by atoms with Crippen LogP contribution in [0.4, 0.5) is 10.5 Å². The predicted octanol–water partition coefficient (Wildman–Crippen LogP) is 2.13. The molecule has 26 heavy (non-hydrogen) atoms. The molecule has 1 fully saturated rings. The Morgan fingerprint density at radius 1 is 1.31 bits per heavy atom. The molecule has 8 nitrogen and oxygen atoms in total. The van der Waals surface area contributed by atoms with Gasteiger partial charge in [-0.25, -0.2) is 0 Å². The number of thioether (sulfide) groups is 1. The number of nitrogens with one attached hydrogen (secondary N) is 1. The summed E-state index contributed by atoms with van der Waals surface area (Å²) in [5.41, 5.74) is 0.416. The van der Waals surface area contributed by atoms with Crippen LogP contribution < -0.4 is 14.8 Å². The Balaban J connectivity index is 1.87. The Morgan fingerprint density at radius 3 is 2.69 bits per heavy atom. The number of benzene rings is 1. The number of nitrogens with zero attached hydrogens (tertiary/aromatic N) is 1. The van der Waals surface area contributed by atoms with Crippen LogP contribution >= 0.6 is 11.8 Å². The first-order valence-electron chi connectivity index (χ1n) is 8.08. The Morgan fingerprint density at radius 2 is 2.08 bits per heavy atom. The molecule has 2 rings (SSSR count). The van der Waals surface area contributed by atoms with E-state index in [2.05, 4.69) is 5.32 Å². The van der Waals surface area contributed by atoms with Gasteiger partial charge in [-0.15, -0.1) is 0 Å². The first-order valence-corrected chi connectivity index (χ1v) is 9.07. The van der Waals surface area contributed by atoms with Crippen molar-refractivity contribution in [2.75, 3.05) is 38.4 Å². The maximum atomic E-state index is 12.3. The number of anilines is 1. The quantitative estimate of drug-likeness (QED) is 0.688. The van der Waals surface area contributed by atoms with Gasteiger partial charge >= 0.3 is 5.97 Å². The van der Waals surface area contributed by atoms with Gasteiger partial charge in [-0.1, -0.05) is 11.8 Å². The molecule has 9 heteroatoms. The standard InChI is InChI=1S/C17H22N2O6S/c1-11(25-15(20)6-7-19-8-9-26-17(19)22)16(21)18-13-10-12(23-2)4-5-14(13)24-3/h4-5,10-11H,6-9H2,1-3H3,(H,18,21). The lowest BCUT2D eigenvalue weighted by Crippen LogP contribution is -2.32. The average Bonchev–Trinajstić information content (AvgIpc) is 3.04. The second kappa shape index (κ2) is 9.33. The fourth-order valence-electron chi connectivity index (χ4n) is 2.31. The van der Waals surface area contributed by atoms with E-state index in [0.717, 1.165) is 5.75 Å². The molecule has 1 aliphatic heterocycles. The Labute approximate surface area is 156 Å². The summed E-state index contributed by atoms with van der Waals surface area (Å²) in [5.74, 6) is 0.726. The highest BCUT2D eigenvalue weighted by molar-refractivity contribution is 8.13. The number of carbonyl (C=O) groups is 3. The molecule has 142 valence electrons. The third-order valence-electron chi connectivity index (χ3n) is 3.77. The third-order valence-corrected chi connectivity index (χ3v) is 4.66. The number of methoxy groups -OCH3 is 2. The summed E-state index contributed by atoms with van der Waals surface area (Å²) in [6, 6.07) is 4.98. The maximum Gasteiger partial charge on any atom is 0.308 e. The fraction of sp³-hybridized carbons (Fsp3) is 0.471. The van der Waals surface area contributed by atoms with Gasteiger partial charge in [-0.05, 0) is 19.1 Å². The number of hydrogen-bond acceptors (Lipinski definition) is 7. The highest BCUT2D eigenvalue weighted by Gasteiger charge is 2.23. The summed E-state index contributed by atoms with van der Waals surface area (Å²) in [6.07, 6.45) is -0.936. The van der Waals surface area contributed by atoms with Crippen LogP contribution in [0.3, 0.4) is 0 Å². The van der Waals surface area contributed by atoms with E-state index in [0.29, 0.717) is 30.3 Å². The number of esters is 1. The molecule has 1 unspecified atom stereocenters. The topological polar surface area (TPSA) is 94.2 Å². The van der Waals surface area contributed by atoms with Crippen LogP contribution in [0, 0.1) is 0 Å². The minimum Gasteiger partial charge on any atom is -0.497 e. The largest absolute Gasteiger partial charge is 0.497 e. The van der Waals surface area contributed by atoms with Crippen LogP contribution in [-0.2, 0) is 14.3 Å². The minimum absolute atomic E-state index is 0.0336. The lowest BCUT2D eigenvalue weighted by atomic mass is 10.2. The van der Waals surface area contributed by atoms with Gasteiger partial charge in [0.2, 0.25) is 0 Å². The second-order valence-electron chi connectivity index (χ2n) is 5.54. The van der Waals surface area contributed by atoms with E-state index in [1.807, 2.05) is 0 Å². The van der Waals surface area contributed by atoms with Gasteiger partial charge in [-0.3, -0.25) is 14.4 Å². The maximum absolute atomic E-state index is 12.3. The molecular weight excluding hydrogens is 360 g/mol. The fourth-order valence-corrected chi connectivity index (χ4v) is 3.16. The lowest BCUT2D eigenvalue weighted by Gasteiger charge is -2.17. The van der Waals surface area contributed by atoms with E-state index in [1.165, 1.54) is 32.9 Å². The van der Waals surface area contributed by atoms with Crippen molar-refractivity contribution in [2.24, 2.45) is 0 Å². The Bertz CT molecular complexity index is 681. The molecule has 1 saturated heterocycles. The van der Waals surface area contributed by atoms with Crippen molar-refractivity contribution < 1.29 is 28.6 Å². The molecular formula is C17H22N2O6S. The van der Waals surface area contributed by atoms with Gasteiger partial charge < -0.3 is 24.4 Å². The first-order chi connectivity index (χ1) is 12.4. The molecule has 1 aromatic rings. The van der Waals surface area contributed by atoms with Gasteiger partial charge in [0.25, 0.3) is 11.1 Å². The van der Waals surface area contributed by atoms with Crippen molar-refractivity contribution in [1.82, 2.24) is 4.90 Å². The van der Waals surface area contributed by atoms with Crippen LogP contribution in [0.15, 0.2) is 18.2 Å². The highest BCUT2D eigenvalue weighted by Crippen LogP contribution is 2.29. The van der Waals surface area contributed by atoms with E-state index in [-0.39, 0.29) is 11.7 Å². The van der Waals surface area contributed by atoms with E-state index >= 15 is 0 Å². The SMILES string of the molecule is COc1ccc(OC)c(NC(=O)C(C)OC(=O)CCN2CCSC2=O)c1. The van der Waals surface area contributed by atoms with Gasteiger partial charge in [0.1, 0.15) is 11.5 Å². The zero-order valence-electron chi connectivity index (χ0n) is 14.9. The summed E-state index contributed by atoms with van der Waals surface area (Å²) >= 11 is 1.23. The zero-order valence-corrected chi connectivity index (χ0v) is 15.8. The molecule has 1 N–H and O–H groups in total. The van der Waals surface area contributed by atoms with Crippen LogP contribution in [0.25, 0.3) is 0 Å². The number of ether oxygens (including phenoxy) is 3. The Kier molecular flexibility index (Phi) is 7.14. The Hall–Kier alpha value is -2.42. The summed E-state index contributed by atoms with van der Waals surface area (Å²) in [7, 11) is 3.00. The molecule has 0 bridgehead atoms. The summed E-state index contributed by atoms with van der Waals surface area (Å²) in [4.78, 5) is 37.3. The monoisotopic (exact) mass is 382 g/mol. The van der Waals surface area contributed by atoms with Gasteiger partial charge in [0, 0.05) is 24.9 Å². The molecule has 0 aromatic heterocycles. The van der Waals surface area contributed by atoms with Crippen molar-refractivity contribution >= 4 is 34.6 Å². The molecule has 0 aliphatic carbocycles. The predicted molar refractivity (Wildman–Crippen MR) is 97.8 cm³/mol. The van der Waals surface area contributed by atoms with E-state index < -0.39 is 18.0 Å². The second-order valence-corrected chi connectivity index (χ2v) is 6.59.